The molecule has 2 aromatic carbocycles. The number of carbonyl (C=O) groups is 1. The number of methoxy groups -OCH3 is 1. The maximum absolute atomic E-state index is 12.7. The maximum atomic E-state index is 12.7. The minimum absolute atomic E-state index is 0.0400. The third-order valence-electron chi connectivity index (χ3n) is 5.57. The van der Waals surface area contributed by atoms with E-state index in [0.717, 1.165) is 24.5 Å². The van der Waals surface area contributed by atoms with Gasteiger partial charge in [-0.05, 0) is 80.0 Å². The fourth-order valence-corrected chi connectivity index (χ4v) is 3.92. The van der Waals surface area contributed by atoms with Crippen LogP contribution in [0.25, 0.3) is 5.69 Å². The van der Waals surface area contributed by atoms with Gasteiger partial charge in [0.1, 0.15) is 5.75 Å². The van der Waals surface area contributed by atoms with Crippen molar-refractivity contribution in [2.75, 3.05) is 26.7 Å². The number of nitrogens with zero attached hydrogens (tertiary/aromatic N) is 2. The molecule has 2 heterocycles. The van der Waals surface area contributed by atoms with Crippen molar-refractivity contribution in [3.63, 3.8) is 0 Å². The first-order valence-corrected chi connectivity index (χ1v) is 10.1. The van der Waals surface area contributed by atoms with E-state index >= 15 is 0 Å². The monoisotopic (exact) mass is 389 g/mol. The molecule has 5 nitrogen and oxygen atoms in total. The van der Waals surface area contributed by atoms with Gasteiger partial charge in [0.2, 0.25) is 0 Å². The van der Waals surface area contributed by atoms with Gasteiger partial charge >= 0.3 is 0 Å². The summed E-state index contributed by atoms with van der Waals surface area (Å²) >= 11 is 0. The fourth-order valence-electron chi connectivity index (χ4n) is 3.92. The third-order valence-corrected chi connectivity index (χ3v) is 5.57. The van der Waals surface area contributed by atoms with Crippen LogP contribution in [0.5, 0.6) is 5.75 Å². The topological polar surface area (TPSA) is 46.5 Å². The molecule has 1 amide bonds. The molecule has 1 aliphatic heterocycles. The molecule has 1 saturated heterocycles. The summed E-state index contributed by atoms with van der Waals surface area (Å²) in [4.78, 5) is 15.2. The van der Waals surface area contributed by atoms with E-state index in [4.69, 9.17) is 4.74 Å². The maximum Gasteiger partial charge on any atom is 0.251 e. The highest BCUT2D eigenvalue weighted by molar-refractivity contribution is 5.94. The highest BCUT2D eigenvalue weighted by Crippen LogP contribution is 2.26. The molecule has 1 fully saturated rings. The van der Waals surface area contributed by atoms with E-state index in [9.17, 15) is 4.79 Å². The zero-order valence-electron chi connectivity index (χ0n) is 16.8. The van der Waals surface area contributed by atoms with Gasteiger partial charge in [-0.15, -0.1) is 0 Å². The fraction of sp³-hybridized carbons (Fsp3) is 0.292. The lowest BCUT2D eigenvalue weighted by Gasteiger charge is -2.28. The quantitative estimate of drug-likeness (QED) is 0.663. The number of hydrogen-bond acceptors (Lipinski definition) is 3. The van der Waals surface area contributed by atoms with Gasteiger partial charge in [0.25, 0.3) is 5.91 Å². The van der Waals surface area contributed by atoms with Gasteiger partial charge in [-0.2, -0.15) is 0 Å². The molecular formula is C24H27N3O2. The van der Waals surface area contributed by atoms with Gasteiger partial charge in [0.15, 0.2) is 0 Å². The molecule has 5 heteroatoms. The minimum atomic E-state index is -0.0400. The number of carbonyl (C=O) groups excluding carboxylic acids is 1. The average Bonchev–Trinajstić information content (AvgIpc) is 3.49. The predicted octanol–water partition coefficient (Wildman–Crippen LogP) is 4.05. The first-order chi connectivity index (χ1) is 14.2. The standard InChI is InChI=1S/C24H27N3O2/c1-29-22-12-8-19(9-13-22)23(27-16-4-5-17-27)18-25-24(28)20-6-10-21(11-7-20)26-14-2-3-15-26/h2-3,6-15,23H,4-5,16-18H2,1H3,(H,25,28)/t23-/m1/s1. The molecule has 0 spiro atoms. The molecule has 0 saturated carbocycles. The van der Waals surface area contributed by atoms with Crippen molar-refractivity contribution < 1.29 is 9.53 Å². The molecule has 3 aromatic rings. The van der Waals surface area contributed by atoms with Crippen LogP contribution in [-0.4, -0.2) is 42.1 Å². The van der Waals surface area contributed by atoms with Crippen molar-refractivity contribution >= 4 is 5.91 Å². The predicted molar refractivity (Wildman–Crippen MR) is 115 cm³/mol. The molecule has 4 rings (SSSR count). The highest BCUT2D eigenvalue weighted by atomic mass is 16.5. The van der Waals surface area contributed by atoms with Gasteiger partial charge < -0.3 is 14.6 Å². The lowest BCUT2D eigenvalue weighted by Crippen LogP contribution is -2.36. The van der Waals surface area contributed by atoms with E-state index < -0.39 is 0 Å². The molecule has 29 heavy (non-hydrogen) atoms. The second kappa shape index (κ2) is 8.97. The number of amides is 1. The Morgan fingerprint density at radius 2 is 1.66 bits per heavy atom. The zero-order chi connectivity index (χ0) is 20.1. The van der Waals surface area contributed by atoms with Gasteiger partial charge in [0, 0.05) is 30.2 Å². The van der Waals surface area contributed by atoms with Crippen molar-refractivity contribution in [1.29, 1.82) is 0 Å². The number of hydrogen-bond donors (Lipinski definition) is 1. The van der Waals surface area contributed by atoms with Crippen LogP contribution < -0.4 is 10.1 Å². The summed E-state index contributed by atoms with van der Waals surface area (Å²) < 4.78 is 7.30. The normalized spacial score (nSPS) is 15.2. The largest absolute Gasteiger partial charge is 0.497 e. The van der Waals surface area contributed by atoms with Crippen molar-refractivity contribution in [1.82, 2.24) is 14.8 Å². The third kappa shape index (κ3) is 4.51. The SMILES string of the molecule is COc1ccc([C@@H](CNC(=O)c2ccc(-n3cccc3)cc2)N2CCCC2)cc1. The Morgan fingerprint density at radius 1 is 1.00 bits per heavy atom. The number of likely N-dealkylation sites (tertiary alicyclic amines) is 1. The van der Waals surface area contributed by atoms with E-state index in [1.165, 1.54) is 18.4 Å². The Morgan fingerprint density at radius 3 is 2.28 bits per heavy atom. The lowest BCUT2D eigenvalue weighted by molar-refractivity contribution is 0.0938. The van der Waals surface area contributed by atoms with Crippen LogP contribution in [0.2, 0.25) is 0 Å². The van der Waals surface area contributed by atoms with E-state index in [-0.39, 0.29) is 11.9 Å². The molecule has 150 valence electrons. The average molecular weight is 389 g/mol. The lowest BCUT2D eigenvalue weighted by atomic mass is 10.0. The molecule has 1 atom stereocenters. The number of ether oxygens (including phenoxy) is 1. The molecule has 1 N–H and O–H groups in total. The number of benzene rings is 2. The van der Waals surface area contributed by atoms with Gasteiger partial charge in [-0.1, -0.05) is 12.1 Å². The Labute approximate surface area is 171 Å². The highest BCUT2D eigenvalue weighted by Gasteiger charge is 2.24. The summed E-state index contributed by atoms with van der Waals surface area (Å²) in [6.07, 6.45) is 6.40. The van der Waals surface area contributed by atoms with Crippen molar-refractivity contribution in [3.05, 3.63) is 84.2 Å². The Bertz CT molecular complexity index is 912. The van der Waals surface area contributed by atoms with Gasteiger partial charge in [-0.25, -0.2) is 0 Å². The smallest absolute Gasteiger partial charge is 0.251 e. The van der Waals surface area contributed by atoms with E-state index in [1.54, 1.807) is 7.11 Å². The summed E-state index contributed by atoms with van der Waals surface area (Å²) in [5.74, 6) is 0.808. The van der Waals surface area contributed by atoms with Crippen LogP contribution in [0.4, 0.5) is 0 Å². The molecule has 0 radical (unpaired) electrons. The van der Waals surface area contributed by atoms with Crippen molar-refractivity contribution in [3.8, 4) is 11.4 Å². The van der Waals surface area contributed by atoms with Crippen LogP contribution >= 0.6 is 0 Å². The zero-order valence-corrected chi connectivity index (χ0v) is 16.8. The van der Waals surface area contributed by atoms with E-state index in [0.29, 0.717) is 12.1 Å². The summed E-state index contributed by atoms with van der Waals surface area (Å²) in [5, 5.41) is 3.14. The number of rotatable bonds is 7. The summed E-state index contributed by atoms with van der Waals surface area (Å²) in [7, 11) is 1.68. The summed E-state index contributed by atoms with van der Waals surface area (Å²) in [6.45, 7) is 2.72. The number of aromatic nitrogens is 1. The van der Waals surface area contributed by atoms with Crippen LogP contribution in [0.15, 0.2) is 73.1 Å². The van der Waals surface area contributed by atoms with Crippen LogP contribution in [0.1, 0.15) is 34.8 Å². The molecule has 0 aliphatic carbocycles. The molecule has 0 unspecified atom stereocenters. The Kier molecular flexibility index (Phi) is 5.96. The Balaban J connectivity index is 1.44. The van der Waals surface area contributed by atoms with Crippen LogP contribution in [0.3, 0.4) is 0 Å². The van der Waals surface area contributed by atoms with Crippen molar-refractivity contribution in [2.45, 2.75) is 18.9 Å². The summed E-state index contributed by atoms with van der Waals surface area (Å²) in [5.41, 5.74) is 2.92. The van der Waals surface area contributed by atoms with E-state index in [1.807, 2.05) is 65.5 Å². The van der Waals surface area contributed by atoms with Gasteiger partial charge in [-0.3, -0.25) is 9.69 Å². The van der Waals surface area contributed by atoms with Crippen LogP contribution in [0, 0.1) is 0 Å². The molecular weight excluding hydrogens is 362 g/mol. The minimum Gasteiger partial charge on any atom is -0.497 e. The molecule has 0 bridgehead atoms. The second-order valence-electron chi connectivity index (χ2n) is 7.38. The first-order valence-electron chi connectivity index (χ1n) is 10.1. The number of nitrogens with one attached hydrogen (secondary N) is 1. The van der Waals surface area contributed by atoms with E-state index in [2.05, 4.69) is 22.3 Å². The second-order valence-corrected chi connectivity index (χ2v) is 7.38. The molecule has 1 aromatic heterocycles. The van der Waals surface area contributed by atoms with Gasteiger partial charge in [0.05, 0.1) is 13.2 Å². The molecule has 1 aliphatic rings. The van der Waals surface area contributed by atoms with Crippen LogP contribution in [-0.2, 0) is 0 Å². The Hall–Kier alpha value is -3.05. The first kappa shape index (κ1) is 19.3. The summed E-state index contributed by atoms with van der Waals surface area (Å²) in [6, 6.07) is 20.0. The van der Waals surface area contributed by atoms with Crippen molar-refractivity contribution in [2.24, 2.45) is 0 Å².